The summed E-state index contributed by atoms with van der Waals surface area (Å²) in [5.74, 6) is -0.273. The zero-order chi connectivity index (χ0) is 16.8. The molecule has 0 aromatic heterocycles. The Morgan fingerprint density at radius 1 is 1.17 bits per heavy atom. The van der Waals surface area contributed by atoms with Gasteiger partial charge in [-0.05, 0) is 11.1 Å². The molecule has 2 rings (SSSR count). The number of benzene rings is 2. The summed E-state index contributed by atoms with van der Waals surface area (Å²) in [6.07, 6.45) is 1.41. The van der Waals surface area contributed by atoms with Gasteiger partial charge in [-0.15, -0.1) is 0 Å². The smallest absolute Gasteiger partial charge is 0.270 e. The molecule has 0 spiro atoms. The van der Waals surface area contributed by atoms with Crippen LogP contribution in [-0.4, -0.2) is 25.2 Å². The van der Waals surface area contributed by atoms with Gasteiger partial charge in [0.15, 0.2) is 0 Å². The van der Waals surface area contributed by atoms with Crippen LogP contribution in [0, 0.1) is 10.1 Å². The normalized spacial score (nSPS) is 11.3. The number of nitro benzene ring substituents is 1. The van der Waals surface area contributed by atoms with Gasteiger partial charge in [-0.3, -0.25) is 15.1 Å². The molecule has 0 unspecified atom stereocenters. The molecule has 120 valence electrons. The highest BCUT2D eigenvalue weighted by Crippen LogP contribution is 2.19. The van der Waals surface area contributed by atoms with Crippen molar-refractivity contribution in [1.82, 2.24) is 0 Å². The Hall–Kier alpha value is -2.73. The first-order chi connectivity index (χ1) is 11.0. The number of non-ortho nitro benzene ring substituents is 1. The van der Waals surface area contributed by atoms with E-state index >= 15 is 0 Å². The van der Waals surface area contributed by atoms with Crippen LogP contribution in [0.3, 0.4) is 0 Å². The molecule has 2 aromatic carbocycles. The van der Waals surface area contributed by atoms with E-state index < -0.39 is 4.92 Å². The minimum absolute atomic E-state index is 0.109. The summed E-state index contributed by atoms with van der Waals surface area (Å²) in [6.45, 7) is 1.32. The molecule has 6 nitrogen and oxygen atoms in total. The number of rotatable bonds is 6. The Morgan fingerprint density at radius 2 is 1.87 bits per heavy atom. The Bertz CT molecular complexity index is 727. The van der Waals surface area contributed by atoms with Gasteiger partial charge in [0, 0.05) is 23.9 Å². The van der Waals surface area contributed by atoms with Gasteiger partial charge in [-0.25, -0.2) is 0 Å². The Kier molecular flexibility index (Phi) is 5.43. The van der Waals surface area contributed by atoms with Crippen LogP contribution < -0.4 is 10.0 Å². The maximum absolute atomic E-state index is 11.7. The first-order valence-electron chi connectivity index (χ1n) is 7.28. The SMILES string of the molecule is C[NH+](C)Cc1ccccc1CN=Cc1cc([N+](=O)[O-])ccc1[O-]. The molecule has 0 aliphatic heterocycles. The van der Waals surface area contributed by atoms with Crippen LogP contribution in [0.4, 0.5) is 5.69 Å². The summed E-state index contributed by atoms with van der Waals surface area (Å²) < 4.78 is 0. The minimum atomic E-state index is -0.522. The Balaban J connectivity index is 2.16. The number of nitrogens with zero attached hydrogens (tertiary/aromatic N) is 2. The monoisotopic (exact) mass is 313 g/mol. The Morgan fingerprint density at radius 3 is 2.52 bits per heavy atom. The van der Waals surface area contributed by atoms with Gasteiger partial charge in [0.2, 0.25) is 0 Å². The largest absolute Gasteiger partial charge is 0.872 e. The molecule has 23 heavy (non-hydrogen) atoms. The lowest BCUT2D eigenvalue weighted by atomic mass is 10.1. The lowest BCUT2D eigenvalue weighted by Crippen LogP contribution is -3.04. The first kappa shape index (κ1) is 16.6. The van der Waals surface area contributed by atoms with Crippen molar-refractivity contribution < 1.29 is 14.9 Å². The molecule has 0 amide bonds. The number of nitro groups is 1. The van der Waals surface area contributed by atoms with Crippen LogP contribution in [-0.2, 0) is 13.1 Å². The van der Waals surface area contributed by atoms with Gasteiger partial charge in [0.05, 0.1) is 25.6 Å². The van der Waals surface area contributed by atoms with Crippen LogP contribution in [0.2, 0.25) is 0 Å². The molecule has 0 saturated carbocycles. The van der Waals surface area contributed by atoms with Gasteiger partial charge in [0.1, 0.15) is 6.54 Å². The second-order valence-electron chi connectivity index (χ2n) is 5.60. The first-order valence-corrected chi connectivity index (χ1v) is 7.28. The number of aliphatic imine (C=N–C) groups is 1. The summed E-state index contributed by atoms with van der Waals surface area (Å²) in [6, 6.07) is 11.7. The van der Waals surface area contributed by atoms with Crippen LogP contribution in [0.15, 0.2) is 47.5 Å². The van der Waals surface area contributed by atoms with Crippen molar-refractivity contribution in [2.45, 2.75) is 13.1 Å². The van der Waals surface area contributed by atoms with E-state index in [4.69, 9.17) is 0 Å². The highest BCUT2D eigenvalue weighted by atomic mass is 16.6. The molecule has 0 fully saturated rings. The average molecular weight is 313 g/mol. The summed E-state index contributed by atoms with van der Waals surface area (Å²) in [4.78, 5) is 15.8. The molecular formula is C17H19N3O3. The van der Waals surface area contributed by atoms with Gasteiger partial charge < -0.3 is 10.0 Å². The zero-order valence-corrected chi connectivity index (χ0v) is 13.2. The van der Waals surface area contributed by atoms with E-state index in [1.54, 1.807) is 0 Å². The summed E-state index contributed by atoms with van der Waals surface area (Å²) in [5.41, 5.74) is 2.41. The molecular weight excluding hydrogens is 294 g/mol. The predicted octanol–water partition coefficient (Wildman–Crippen LogP) is 0.932. The molecule has 6 heteroatoms. The number of quaternary nitrogens is 1. The third-order valence-corrected chi connectivity index (χ3v) is 3.36. The van der Waals surface area contributed by atoms with Crippen LogP contribution >= 0.6 is 0 Å². The minimum Gasteiger partial charge on any atom is -0.872 e. The molecule has 0 aliphatic carbocycles. The Labute approximate surface area is 134 Å². The standard InChI is InChI=1S/C17H19N3O3/c1-19(2)12-14-6-4-3-5-13(14)10-18-11-15-9-16(20(22)23)7-8-17(15)21/h3-9,11,21H,10,12H2,1-2H3. The fourth-order valence-electron chi connectivity index (χ4n) is 2.26. The van der Waals surface area contributed by atoms with Crippen molar-refractivity contribution in [3.8, 4) is 5.75 Å². The fourth-order valence-corrected chi connectivity index (χ4v) is 2.26. The topological polar surface area (TPSA) is 83.0 Å². The highest BCUT2D eigenvalue weighted by molar-refractivity contribution is 5.84. The van der Waals surface area contributed by atoms with Gasteiger partial charge in [0.25, 0.3) is 5.69 Å². The van der Waals surface area contributed by atoms with Crippen LogP contribution in [0.25, 0.3) is 0 Å². The third kappa shape index (κ3) is 4.62. The molecule has 0 bridgehead atoms. The van der Waals surface area contributed by atoms with Gasteiger partial charge in [-0.1, -0.05) is 36.1 Å². The van der Waals surface area contributed by atoms with Crippen LogP contribution in [0.5, 0.6) is 5.75 Å². The molecule has 2 aromatic rings. The van der Waals surface area contributed by atoms with E-state index in [1.807, 2.05) is 18.2 Å². The van der Waals surface area contributed by atoms with Gasteiger partial charge in [-0.2, -0.15) is 0 Å². The third-order valence-electron chi connectivity index (χ3n) is 3.36. The molecule has 0 aliphatic rings. The quantitative estimate of drug-likeness (QED) is 0.489. The molecule has 1 N–H and O–H groups in total. The van der Waals surface area contributed by atoms with Crippen molar-refractivity contribution in [3.63, 3.8) is 0 Å². The molecule has 0 radical (unpaired) electrons. The van der Waals surface area contributed by atoms with E-state index in [2.05, 4.69) is 25.2 Å². The maximum Gasteiger partial charge on any atom is 0.270 e. The summed E-state index contributed by atoms with van der Waals surface area (Å²) in [7, 11) is 4.15. The predicted molar refractivity (Wildman–Crippen MR) is 86.8 cm³/mol. The van der Waals surface area contributed by atoms with Crippen LogP contribution in [0.1, 0.15) is 16.7 Å². The van der Waals surface area contributed by atoms with Gasteiger partial charge >= 0.3 is 0 Å². The number of hydrogen-bond acceptors (Lipinski definition) is 4. The van der Waals surface area contributed by atoms with E-state index in [0.29, 0.717) is 6.54 Å². The summed E-state index contributed by atoms with van der Waals surface area (Å²) >= 11 is 0. The molecule has 0 atom stereocenters. The van der Waals surface area contributed by atoms with E-state index in [9.17, 15) is 15.2 Å². The lowest BCUT2D eigenvalue weighted by molar-refractivity contribution is -0.872. The van der Waals surface area contributed by atoms with Crippen molar-refractivity contribution in [2.24, 2.45) is 4.99 Å². The van der Waals surface area contributed by atoms with Crippen molar-refractivity contribution >= 4 is 11.9 Å². The average Bonchev–Trinajstić information content (AvgIpc) is 2.50. The van der Waals surface area contributed by atoms with E-state index in [-0.39, 0.29) is 17.0 Å². The summed E-state index contributed by atoms with van der Waals surface area (Å²) in [5, 5.41) is 22.5. The highest BCUT2D eigenvalue weighted by Gasteiger charge is 2.06. The fraction of sp³-hybridized carbons (Fsp3) is 0.235. The van der Waals surface area contributed by atoms with Crippen molar-refractivity contribution in [1.29, 1.82) is 0 Å². The van der Waals surface area contributed by atoms with E-state index in [0.717, 1.165) is 12.1 Å². The number of nitrogens with one attached hydrogen (secondary N) is 1. The van der Waals surface area contributed by atoms with Crippen molar-refractivity contribution in [3.05, 3.63) is 69.3 Å². The molecule has 0 saturated heterocycles. The number of hydrogen-bond donors (Lipinski definition) is 1. The second kappa shape index (κ2) is 7.51. The molecule has 0 heterocycles. The van der Waals surface area contributed by atoms with E-state index in [1.165, 1.54) is 34.9 Å². The maximum atomic E-state index is 11.7. The lowest BCUT2D eigenvalue weighted by Gasteiger charge is -2.11. The second-order valence-corrected chi connectivity index (χ2v) is 5.60. The zero-order valence-electron chi connectivity index (χ0n) is 13.2. The van der Waals surface area contributed by atoms with Crippen molar-refractivity contribution in [2.75, 3.05) is 14.1 Å².